The van der Waals surface area contributed by atoms with E-state index < -0.39 is 0 Å². The standard InChI is InChI=1S/C15H17N/c1-13-4-6-15(7-5-13)9-8-14-3-2-11-16-12-10-14/h2,4-7,10-12H,3,8-9H2,1H3. The number of allylic oxidation sites excluding steroid dienone is 3. The van der Waals surface area contributed by atoms with E-state index in [1.807, 2.05) is 12.4 Å². The fourth-order valence-electron chi connectivity index (χ4n) is 1.78. The molecule has 1 aromatic rings. The van der Waals surface area contributed by atoms with Crippen LogP contribution in [-0.2, 0) is 6.42 Å². The highest BCUT2D eigenvalue weighted by Crippen LogP contribution is 2.14. The van der Waals surface area contributed by atoms with E-state index in [1.54, 1.807) is 0 Å². The predicted octanol–water partition coefficient (Wildman–Crippen LogP) is 3.84. The van der Waals surface area contributed by atoms with Gasteiger partial charge in [-0.3, -0.25) is 4.99 Å². The van der Waals surface area contributed by atoms with Crippen molar-refractivity contribution in [2.75, 3.05) is 0 Å². The highest BCUT2D eigenvalue weighted by Gasteiger charge is 1.98. The average molecular weight is 211 g/mol. The summed E-state index contributed by atoms with van der Waals surface area (Å²) in [5, 5.41) is 0. The average Bonchev–Trinajstić information content (AvgIpc) is 2.57. The van der Waals surface area contributed by atoms with Crippen LogP contribution in [0.25, 0.3) is 0 Å². The molecular formula is C15H17N. The van der Waals surface area contributed by atoms with E-state index in [0.29, 0.717) is 0 Å². The lowest BCUT2D eigenvalue weighted by Crippen LogP contribution is -1.89. The molecule has 0 atom stereocenters. The van der Waals surface area contributed by atoms with Gasteiger partial charge in [-0.05, 0) is 37.8 Å². The molecule has 0 spiro atoms. The minimum absolute atomic E-state index is 1.03. The molecular weight excluding hydrogens is 194 g/mol. The molecule has 0 aliphatic carbocycles. The molecule has 1 aliphatic rings. The van der Waals surface area contributed by atoms with E-state index in [4.69, 9.17) is 0 Å². The monoisotopic (exact) mass is 211 g/mol. The SMILES string of the molecule is Cc1ccc(CCC2=CC=NC=CC2)cc1. The summed E-state index contributed by atoms with van der Waals surface area (Å²) in [4.78, 5) is 4.11. The second kappa shape index (κ2) is 5.45. The first-order chi connectivity index (χ1) is 7.84. The summed E-state index contributed by atoms with van der Waals surface area (Å²) in [7, 11) is 0. The van der Waals surface area contributed by atoms with Gasteiger partial charge in [0, 0.05) is 12.4 Å². The molecule has 1 heterocycles. The summed E-state index contributed by atoms with van der Waals surface area (Å²) in [5.74, 6) is 0. The highest BCUT2D eigenvalue weighted by atomic mass is 14.7. The maximum atomic E-state index is 4.11. The van der Waals surface area contributed by atoms with Gasteiger partial charge in [0.25, 0.3) is 0 Å². The predicted molar refractivity (Wildman–Crippen MR) is 69.8 cm³/mol. The van der Waals surface area contributed by atoms with Crippen LogP contribution in [0.15, 0.2) is 53.2 Å². The van der Waals surface area contributed by atoms with E-state index in [1.165, 1.54) is 16.7 Å². The summed E-state index contributed by atoms with van der Waals surface area (Å²) in [6.07, 6.45) is 11.3. The zero-order chi connectivity index (χ0) is 11.2. The van der Waals surface area contributed by atoms with Gasteiger partial charge in [0.15, 0.2) is 0 Å². The van der Waals surface area contributed by atoms with Gasteiger partial charge in [-0.15, -0.1) is 0 Å². The first-order valence-electron chi connectivity index (χ1n) is 5.76. The Labute approximate surface area is 97.2 Å². The van der Waals surface area contributed by atoms with Gasteiger partial charge in [-0.25, -0.2) is 0 Å². The Hall–Kier alpha value is -1.63. The minimum Gasteiger partial charge on any atom is -0.265 e. The number of benzene rings is 1. The normalized spacial score (nSPS) is 14.7. The molecule has 1 heteroatoms. The van der Waals surface area contributed by atoms with Crippen molar-refractivity contribution in [3.63, 3.8) is 0 Å². The van der Waals surface area contributed by atoms with Gasteiger partial charge in [0.1, 0.15) is 0 Å². The van der Waals surface area contributed by atoms with Crippen LogP contribution in [0.2, 0.25) is 0 Å². The van der Waals surface area contributed by atoms with Crippen molar-refractivity contribution in [2.45, 2.75) is 26.2 Å². The number of nitrogens with zero attached hydrogens (tertiary/aromatic N) is 1. The second-order valence-corrected chi connectivity index (χ2v) is 4.20. The van der Waals surface area contributed by atoms with Crippen molar-refractivity contribution in [3.8, 4) is 0 Å². The summed E-state index contributed by atoms with van der Waals surface area (Å²) in [6.45, 7) is 2.12. The third-order valence-electron chi connectivity index (χ3n) is 2.82. The lowest BCUT2D eigenvalue weighted by Gasteiger charge is -2.04. The van der Waals surface area contributed by atoms with Crippen molar-refractivity contribution in [3.05, 3.63) is 59.3 Å². The molecule has 16 heavy (non-hydrogen) atoms. The van der Waals surface area contributed by atoms with Gasteiger partial charge in [-0.1, -0.05) is 41.5 Å². The molecule has 0 amide bonds. The van der Waals surface area contributed by atoms with Gasteiger partial charge in [0.05, 0.1) is 0 Å². The smallest absolute Gasteiger partial charge is 0.0267 e. The lowest BCUT2D eigenvalue weighted by molar-refractivity contribution is 0.913. The molecule has 1 nitrogen and oxygen atoms in total. The quantitative estimate of drug-likeness (QED) is 0.720. The van der Waals surface area contributed by atoms with Crippen LogP contribution in [0.1, 0.15) is 24.0 Å². The zero-order valence-corrected chi connectivity index (χ0v) is 9.69. The number of aryl methyl sites for hydroxylation is 2. The molecule has 82 valence electrons. The molecule has 1 aliphatic heterocycles. The maximum absolute atomic E-state index is 4.11. The fraction of sp³-hybridized carbons (Fsp3) is 0.267. The molecule has 0 bridgehead atoms. The van der Waals surface area contributed by atoms with E-state index in [9.17, 15) is 0 Å². The van der Waals surface area contributed by atoms with Crippen molar-refractivity contribution >= 4 is 6.21 Å². The molecule has 0 N–H and O–H groups in total. The van der Waals surface area contributed by atoms with Gasteiger partial charge < -0.3 is 0 Å². The number of hydrogen-bond donors (Lipinski definition) is 0. The fourth-order valence-corrected chi connectivity index (χ4v) is 1.78. The summed E-state index contributed by atoms with van der Waals surface area (Å²) < 4.78 is 0. The maximum Gasteiger partial charge on any atom is 0.0267 e. The number of hydrogen-bond acceptors (Lipinski definition) is 1. The van der Waals surface area contributed by atoms with Crippen LogP contribution >= 0.6 is 0 Å². The van der Waals surface area contributed by atoms with E-state index in [2.05, 4.69) is 48.3 Å². The Morgan fingerprint density at radius 3 is 2.75 bits per heavy atom. The Morgan fingerprint density at radius 2 is 1.94 bits per heavy atom. The first-order valence-corrected chi connectivity index (χ1v) is 5.76. The van der Waals surface area contributed by atoms with Crippen molar-refractivity contribution in [2.24, 2.45) is 4.99 Å². The Balaban J connectivity index is 1.92. The molecule has 2 rings (SSSR count). The molecule has 0 fully saturated rings. The zero-order valence-electron chi connectivity index (χ0n) is 9.69. The molecule has 0 radical (unpaired) electrons. The summed E-state index contributed by atoms with van der Waals surface area (Å²) >= 11 is 0. The molecule has 0 unspecified atom stereocenters. The second-order valence-electron chi connectivity index (χ2n) is 4.20. The van der Waals surface area contributed by atoms with Crippen LogP contribution in [0.4, 0.5) is 0 Å². The highest BCUT2D eigenvalue weighted by molar-refractivity contribution is 5.73. The third kappa shape index (κ3) is 3.20. The first kappa shape index (κ1) is 10.9. The topological polar surface area (TPSA) is 12.4 Å². The summed E-state index contributed by atoms with van der Waals surface area (Å²) in [6, 6.07) is 8.80. The lowest BCUT2D eigenvalue weighted by atomic mass is 10.0. The van der Waals surface area contributed by atoms with Gasteiger partial charge in [0.2, 0.25) is 0 Å². The molecule has 0 saturated heterocycles. The molecule has 0 saturated carbocycles. The number of aliphatic imine (C=N–C) groups is 1. The van der Waals surface area contributed by atoms with Crippen molar-refractivity contribution in [1.82, 2.24) is 0 Å². The van der Waals surface area contributed by atoms with E-state index in [-0.39, 0.29) is 0 Å². The van der Waals surface area contributed by atoms with Gasteiger partial charge >= 0.3 is 0 Å². The Kier molecular flexibility index (Phi) is 3.71. The Morgan fingerprint density at radius 1 is 1.12 bits per heavy atom. The largest absolute Gasteiger partial charge is 0.265 e. The Bertz CT molecular complexity index is 421. The van der Waals surface area contributed by atoms with Crippen LogP contribution < -0.4 is 0 Å². The third-order valence-corrected chi connectivity index (χ3v) is 2.82. The van der Waals surface area contributed by atoms with Crippen molar-refractivity contribution in [1.29, 1.82) is 0 Å². The van der Waals surface area contributed by atoms with E-state index in [0.717, 1.165) is 19.3 Å². The summed E-state index contributed by atoms with van der Waals surface area (Å²) in [5.41, 5.74) is 4.20. The van der Waals surface area contributed by atoms with E-state index >= 15 is 0 Å². The van der Waals surface area contributed by atoms with Crippen LogP contribution in [-0.4, -0.2) is 6.21 Å². The van der Waals surface area contributed by atoms with Gasteiger partial charge in [-0.2, -0.15) is 0 Å². The minimum atomic E-state index is 1.03. The number of rotatable bonds is 3. The van der Waals surface area contributed by atoms with Crippen LogP contribution in [0.5, 0.6) is 0 Å². The van der Waals surface area contributed by atoms with Crippen LogP contribution in [0.3, 0.4) is 0 Å². The van der Waals surface area contributed by atoms with Crippen molar-refractivity contribution < 1.29 is 0 Å². The molecule has 1 aromatic carbocycles. The van der Waals surface area contributed by atoms with Crippen LogP contribution in [0, 0.1) is 6.92 Å². The molecule has 0 aromatic heterocycles.